The fourth-order valence-electron chi connectivity index (χ4n) is 1.64. The lowest BCUT2D eigenvalue weighted by atomic mass is 10.2. The third kappa shape index (κ3) is 1.85. The molecule has 0 amide bonds. The highest BCUT2D eigenvalue weighted by molar-refractivity contribution is 7.13. The van der Waals surface area contributed by atoms with Crippen LogP contribution in [0.15, 0.2) is 23.6 Å². The molecule has 1 heterocycles. The van der Waals surface area contributed by atoms with Crippen LogP contribution in [0, 0.1) is 5.82 Å². The average molecular weight is 254 g/mol. The van der Waals surface area contributed by atoms with Gasteiger partial charge in [-0.05, 0) is 31.0 Å². The maximum Gasteiger partial charge on any atom is 0.125 e. The van der Waals surface area contributed by atoms with Crippen molar-refractivity contribution in [3.63, 3.8) is 0 Å². The first-order valence-electron chi connectivity index (χ1n) is 5.15. The molecule has 2 aromatic rings. The Hall–Kier alpha value is -0.930. The van der Waals surface area contributed by atoms with Crippen LogP contribution >= 0.6 is 22.9 Å². The molecule has 1 aliphatic carbocycles. The molecule has 82 valence electrons. The van der Waals surface area contributed by atoms with Crippen LogP contribution in [0.25, 0.3) is 10.6 Å². The lowest BCUT2D eigenvalue weighted by Gasteiger charge is -1.99. The highest BCUT2D eigenvalue weighted by atomic mass is 35.5. The zero-order chi connectivity index (χ0) is 11.1. The lowest BCUT2D eigenvalue weighted by Crippen LogP contribution is -1.83. The number of aromatic nitrogens is 1. The first-order valence-corrected chi connectivity index (χ1v) is 6.40. The van der Waals surface area contributed by atoms with Crippen molar-refractivity contribution in [1.82, 2.24) is 4.98 Å². The van der Waals surface area contributed by atoms with E-state index in [4.69, 9.17) is 11.6 Å². The molecule has 3 rings (SSSR count). The van der Waals surface area contributed by atoms with Gasteiger partial charge < -0.3 is 0 Å². The quantitative estimate of drug-likeness (QED) is 0.769. The van der Waals surface area contributed by atoms with Crippen LogP contribution in [0.1, 0.15) is 24.5 Å². The molecule has 4 heteroatoms. The van der Waals surface area contributed by atoms with Gasteiger partial charge in [0.05, 0.1) is 10.7 Å². The fourth-order valence-corrected chi connectivity index (χ4v) is 2.89. The normalized spacial score (nSPS) is 15.4. The van der Waals surface area contributed by atoms with Crippen molar-refractivity contribution >= 4 is 22.9 Å². The molecule has 1 aromatic heterocycles. The molecule has 0 bridgehead atoms. The summed E-state index contributed by atoms with van der Waals surface area (Å²) in [4.78, 5) is 4.54. The summed E-state index contributed by atoms with van der Waals surface area (Å²) in [5, 5.41) is 3.38. The molecular weight excluding hydrogens is 245 g/mol. The molecular formula is C12H9ClFNS. The van der Waals surface area contributed by atoms with E-state index in [0.717, 1.165) is 16.3 Å². The maximum atomic E-state index is 12.9. The van der Waals surface area contributed by atoms with Crippen molar-refractivity contribution in [1.29, 1.82) is 0 Å². The monoisotopic (exact) mass is 253 g/mol. The number of thiazole rings is 1. The van der Waals surface area contributed by atoms with Crippen molar-refractivity contribution in [3.8, 4) is 10.6 Å². The highest BCUT2D eigenvalue weighted by Crippen LogP contribution is 2.42. The number of hydrogen-bond donors (Lipinski definition) is 0. The van der Waals surface area contributed by atoms with Gasteiger partial charge in [-0.15, -0.1) is 11.3 Å². The van der Waals surface area contributed by atoms with Gasteiger partial charge in [0, 0.05) is 16.9 Å². The molecule has 1 aliphatic rings. The zero-order valence-electron chi connectivity index (χ0n) is 8.41. The summed E-state index contributed by atoms with van der Waals surface area (Å²) in [6.45, 7) is 0. The summed E-state index contributed by atoms with van der Waals surface area (Å²) in [6.07, 6.45) is 2.47. The number of benzene rings is 1. The number of halogens is 2. The third-order valence-electron chi connectivity index (χ3n) is 2.68. The smallest absolute Gasteiger partial charge is 0.125 e. The molecule has 0 unspecified atom stereocenters. The summed E-state index contributed by atoms with van der Waals surface area (Å²) in [5.41, 5.74) is 1.97. The molecule has 1 saturated carbocycles. The predicted octanol–water partition coefficient (Wildman–Crippen LogP) is 4.48. The highest BCUT2D eigenvalue weighted by Gasteiger charge is 2.26. The third-order valence-corrected chi connectivity index (χ3v) is 3.89. The van der Waals surface area contributed by atoms with Gasteiger partial charge in [0.1, 0.15) is 10.8 Å². The molecule has 1 aromatic carbocycles. The van der Waals surface area contributed by atoms with Crippen molar-refractivity contribution in [3.05, 3.63) is 40.1 Å². The molecule has 0 N–H and O–H groups in total. The Kier molecular flexibility index (Phi) is 2.45. The van der Waals surface area contributed by atoms with Crippen LogP contribution in [0.4, 0.5) is 4.39 Å². The van der Waals surface area contributed by atoms with E-state index in [-0.39, 0.29) is 5.82 Å². The number of nitrogens with zero attached hydrogens (tertiary/aromatic N) is 1. The van der Waals surface area contributed by atoms with E-state index in [2.05, 4.69) is 10.4 Å². The van der Waals surface area contributed by atoms with Crippen molar-refractivity contribution in [2.45, 2.75) is 18.8 Å². The summed E-state index contributed by atoms with van der Waals surface area (Å²) in [7, 11) is 0. The predicted molar refractivity (Wildman–Crippen MR) is 64.5 cm³/mol. The van der Waals surface area contributed by atoms with Gasteiger partial charge in [-0.1, -0.05) is 11.6 Å². The second kappa shape index (κ2) is 3.82. The molecule has 1 fully saturated rings. The van der Waals surface area contributed by atoms with Crippen molar-refractivity contribution in [2.24, 2.45) is 0 Å². The first kappa shape index (κ1) is 10.2. The van der Waals surface area contributed by atoms with Gasteiger partial charge >= 0.3 is 0 Å². The Morgan fingerprint density at radius 3 is 2.88 bits per heavy atom. The van der Waals surface area contributed by atoms with Crippen LogP contribution in [0.2, 0.25) is 5.02 Å². The van der Waals surface area contributed by atoms with Gasteiger partial charge in [0.25, 0.3) is 0 Å². The molecule has 0 aliphatic heterocycles. The van der Waals surface area contributed by atoms with Crippen LogP contribution < -0.4 is 0 Å². The van der Waals surface area contributed by atoms with Crippen LogP contribution in [-0.2, 0) is 0 Å². The van der Waals surface area contributed by atoms with Crippen molar-refractivity contribution < 1.29 is 4.39 Å². The Bertz CT molecular complexity index is 534. The van der Waals surface area contributed by atoms with E-state index in [0.29, 0.717) is 10.9 Å². The van der Waals surface area contributed by atoms with Crippen LogP contribution in [0.5, 0.6) is 0 Å². The van der Waals surface area contributed by atoms with Gasteiger partial charge in [0.15, 0.2) is 0 Å². The summed E-state index contributed by atoms with van der Waals surface area (Å²) >= 11 is 7.57. The number of hydrogen-bond acceptors (Lipinski definition) is 2. The summed E-state index contributed by atoms with van der Waals surface area (Å²) in [5.74, 6) is 0.331. The summed E-state index contributed by atoms with van der Waals surface area (Å²) < 4.78 is 12.9. The Balaban J connectivity index is 2.00. The van der Waals surface area contributed by atoms with Gasteiger partial charge in [-0.3, -0.25) is 0 Å². The fraction of sp³-hybridized carbons (Fsp3) is 0.250. The van der Waals surface area contributed by atoms with Gasteiger partial charge in [-0.2, -0.15) is 0 Å². The summed E-state index contributed by atoms with van der Waals surface area (Å²) in [6, 6.07) is 4.43. The van der Waals surface area contributed by atoms with E-state index < -0.39 is 0 Å². The van der Waals surface area contributed by atoms with Crippen molar-refractivity contribution in [2.75, 3.05) is 0 Å². The second-order valence-corrected chi connectivity index (χ2v) is 5.24. The standard InChI is InChI=1S/C12H9ClFNS/c13-10-5-8(14)3-4-9(10)12-15-11(6-16-12)7-1-2-7/h3-7H,1-2H2. The Morgan fingerprint density at radius 2 is 2.19 bits per heavy atom. The SMILES string of the molecule is Fc1ccc(-c2nc(C3CC3)cs2)c(Cl)c1. The Morgan fingerprint density at radius 1 is 1.38 bits per heavy atom. The maximum absolute atomic E-state index is 12.9. The second-order valence-electron chi connectivity index (χ2n) is 3.98. The van der Waals surface area contributed by atoms with E-state index in [9.17, 15) is 4.39 Å². The largest absolute Gasteiger partial charge is 0.241 e. The van der Waals surface area contributed by atoms with Crippen LogP contribution in [0.3, 0.4) is 0 Å². The minimum atomic E-state index is -0.312. The molecule has 16 heavy (non-hydrogen) atoms. The topological polar surface area (TPSA) is 12.9 Å². The Labute approximate surface area is 102 Å². The molecule has 0 atom stereocenters. The molecule has 0 saturated heterocycles. The van der Waals surface area contributed by atoms with Gasteiger partial charge in [0.2, 0.25) is 0 Å². The minimum Gasteiger partial charge on any atom is -0.241 e. The van der Waals surface area contributed by atoms with E-state index in [1.165, 1.54) is 25.0 Å². The first-order chi connectivity index (χ1) is 7.74. The molecule has 0 radical (unpaired) electrons. The van der Waals surface area contributed by atoms with Gasteiger partial charge in [-0.25, -0.2) is 9.37 Å². The molecule has 1 nitrogen and oxygen atoms in total. The number of rotatable bonds is 2. The molecule has 0 spiro atoms. The lowest BCUT2D eigenvalue weighted by molar-refractivity contribution is 0.628. The average Bonchev–Trinajstić information content (AvgIpc) is 2.98. The zero-order valence-corrected chi connectivity index (χ0v) is 9.98. The van der Waals surface area contributed by atoms with E-state index >= 15 is 0 Å². The minimum absolute atomic E-state index is 0.312. The van der Waals surface area contributed by atoms with Crippen LogP contribution in [-0.4, -0.2) is 4.98 Å². The van der Waals surface area contributed by atoms with E-state index in [1.807, 2.05) is 0 Å². The van der Waals surface area contributed by atoms with E-state index in [1.54, 1.807) is 17.4 Å².